The summed E-state index contributed by atoms with van der Waals surface area (Å²) in [5.74, 6) is 0. The summed E-state index contributed by atoms with van der Waals surface area (Å²) in [6.45, 7) is 0.503. The van der Waals surface area contributed by atoms with Gasteiger partial charge < -0.3 is 10.6 Å². The highest BCUT2D eigenvalue weighted by molar-refractivity contribution is 5.89. The summed E-state index contributed by atoms with van der Waals surface area (Å²) in [5.41, 5.74) is 0.749. The van der Waals surface area contributed by atoms with E-state index in [0.717, 1.165) is 31.4 Å². The maximum atomic E-state index is 12.5. The first-order valence-electron chi connectivity index (χ1n) is 8.17. The normalized spacial score (nSPS) is 16.0. The van der Waals surface area contributed by atoms with Gasteiger partial charge in [0.25, 0.3) is 0 Å². The minimum Gasteiger partial charge on any atom is -0.337 e. The zero-order valence-electron chi connectivity index (χ0n) is 13.6. The number of urea groups is 1. The Balaban J connectivity index is 1.58. The molecule has 2 amide bonds. The van der Waals surface area contributed by atoms with E-state index in [4.69, 9.17) is 0 Å². The van der Waals surface area contributed by atoms with Crippen molar-refractivity contribution in [1.82, 2.24) is 5.32 Å². The molecule has 1 aliphatic rings. The number of benzene rings is 2. The Morgan fingerprint density at radius 3 is 2.16 bits per heavy atom. The topological polar surface area (TPSA) is 41.1 Å². The van der Waals surface area contributed by atoms with Gasteiger partial charge in [-0.2, -0.15) is 13.2 Å². The van der Waals surface area contributed by atoms with Gasteiger partial charge in [0, 0.05) is 17.6 Å². The molecule has 2 aromatic rings. The van der Waals surface area contributed by atoms with Crippen LogP contribution in [0, 0.1) is 0 Å². The van der Waals surface area contributed by atoms with Gasteiger partial charge in [-0.1, -0.05) is 36.8 Å². The highest BCUT2D eigenvalue weighted by Crippen LogP contribution is 2.43. The van der Waals surface area contributed by atoms with Crippen LogP contribution in [-0.4, -0.2) is 12.6 Å². The molecule has 2 aromatic carbocycles. The van der Waals surface area contributed by atoms with E-state index in [-0.39, 0.29) is 5.41 Å². The molecule has 1 saturated carbocycles. The summed E-state index contributed by atoms with van der Waals surface area (Å²) < 4.78 is 37.6. The van der Waals surface area contributed by atoms with Crippen molar-refractivity contribution in [2.24, 2.45) is 0 Å². The van der Waals surface area contributed by atoms with E-state index in [1.807, 2.05) is 18.2 Å². The van der Waals surface area contributed by atoms with E-state index in [2.05, 4.69) is 22.8 Å². The molecule has 2 N–H and O–H groups in total. The van der Waals surface area contributed by atoms with Gasteiger partial charge in [0.15, 0.2) is 0 Å². The highest BCUT2D eigenvalue weighted by Gasteiger charge is 2.38. The quantitative estimate of drug-likeness (QED) is 0.806. The van der Waals surface area contributed by atoms with Crippen molar-refractivity contribution in [2.75, 3.05) is 11.9 Å². The number of amides is 2. The van der Waals surface area contributed by atoms with Crippen molar-refractivity contribution in [3.8, 4) is 0 Å². The molecular weight excluding hydrogens is 329 g/mol. The third-order valence-corrected chi connectivity index (χ3v) is 4.75. The summed E-state index contributed by atoms with van der Waals surface area (Å²) in [4.78, 5) is 12.1. The smallest absolute Gasteiger partial charge is 0.337 e. The Morgan fingerprint density at radius 1 is 1.00 bits per heavy atom. The van der Waals surface area contributed by atoms with Gasteiger partial charge in [-0.05, 0) is 42.7 Å². The maximum absolute atomic E-state index is 12.5. The predicted molar refractivity (Wildman–Crippen MR) is 90.4 cm³/mol. The van der Waals surface area contributed by atoms with Crippen LogP contribution in [0.5, 0.6) is 0 Å². The molecule has 3 nitrogen and oxygen atoms in total. The van der Waals surface area contributed by atoms with Crippen molar-refractivity contribution in [3.05, 3.63) is 65.7 Å². The summed E-state index contributed by atoms with van der Waals surface area (Å²) >= 11 is 0. The molecular formula is C19H19F3N2O. The van der Waals surface area contributed by atoms with Gasteiger partial charge in [0.2, 0.25) is 0 Å². The fourth-order valence-corrected chi connectivity index (χ4v) is 3.13. The van der Waals surface area contributed by atoms with Crippen molar-refractivity contribution >= 4 is 11.7 Å². The highest BCUT2D eigenvalue weighted by atomic mass is 19.4. The molecule has 0 atom stereocenters. The number of hydrogen-bond donors (Lipinski definition) is 2. The number of hydrogen-bond acceptors (Lipinski definition) is 1. The van der Waals surface area contributed by atoms with Crippen LogP contribution in [0.25, 0.3) is 0 Å². The van der Waals surface area contributed by atoms with Crippen LogP contribution in [0.3, 0.4) is 0 Å². The Bertz CT molecular complexity index is 723. The molecule has 0 unspecified atom stereocenters. The van der Waals surface area contributed by atoms with Gasteiger partial charge >= 0.3 is 12.2 Å². The van der Waals surface area contributed by atoms with Crippen LogP contribution in [0.2, 0.25) is 0 Å². The second-order valence-electron chi connectivity index (χ2n) is 6.38. The third kappa shape index (κ3) is 3.95. The number of anilines is 1. The molecule has 0 aliphatic heterocycles. The maximum Gasteiger partial charge on any atom is 0.416 e. The molecule has 1 aliphatic carbocycles. The molecule has 6 heteroatoms. The number of halogens is 3. The fourth-order valence-electron chi connectivity index (χ4n) is 3.13. The molecule has 1 fully saturated rings. The molecule has 0 saturated heterocycles. The number of carbonyl (C=O) groups is 1. The minimum absolute atomic E-state index is 0.0429. The number of rotatable bonds is 4. The second kappa shape index (κ2) is 6.78. The van der Waals surface area contributed by atoms with Gasteiger partial charge in [-0.3, -0.25) is 0 Å². The Hall–Kier alpha value is -2.50. The monoisotopic (exact) mass is 348 g/mol. The average Bonchev–Trinajstić information content (AvgIpc) is 2.54. The van der Waals surface area contributed by atoms with E-state index < -0.39 is 17.8 Å². The van der Waals surface area contributed by atoms with Crippen molar-refractivity contribution < 1.29 is 18.0 Å². The largest absolute Gasteiger partial charge is 0.416 e. The molecule has 0 radical (unpaired) electrons. The zero-order chi connectivity index (χ0) is 17.9. The van der Waals surface area contributed by atoms with E-state index in [1.54, 1.807) is 0 Å². The molecule has 0 bridgehead atoms. The summed E-state index contributed by atoms with van der Waals surface area (Å²) in [7, 11) is 0. The van der Waals surface area contributed by atoms with Crippen molar-refractivity contribution in [2.45, 2.75) is 30.9 Å². The Kier molecular flexibility index (Phi) is 4.70. The average molecular weight is 348 g/mol. The molecule has 3 rings (SSSR count). The molecule has 0 heterocycles. The second-order valence-corrected chi connectivity index (χ2v) is 6.38. The molecule has 132 valence electrons. The predicted octanol–water partition coefficient (Wildman–Crippen LogP) is 4.95. The SMILES string of the molecule is O=C(NCC1(c2ccccc2)CCC1)Nc1ccc(C(F)(F)F)cc1. The van der Waals surface area contributed by atoms with Crippen molar-refractivity contribution in [1.29, 1.82) is 0 Å². The van der Waals surface area contributed by atoms with Crippen LogP contribution in [-0.2, 0) is 11.6 Å². The van der Waals surface area contributed by atoms with Crippen LogP contribution < -0.4 is 10.6 Å². The third-order valence-electron chi connectivity index (χ3n) is 4.75. The number of alkyl halides is 3. The van der Waals surface area contributed by atoms with Crippen LogP contribution in [0.4, 0.5) is 23.7 Å². The van der Waals surface area contributed by atoms with Crippen LogP contribution >= 0.6 is 0 Å². The van der Waals surface area contributed by atoms with Crippen LogP contribution in [0.1, 0.15) is 30.4 Å². The van der Waals surface area contributed by atoms with Gasteiger partial charge in [0.1, 0.15) is 0 Å². The lowest BCUT2D eigenvalue weighted by molar-refractivity contribution is -0.137. The Morgan fingerprint density at radius 2 is 1.64 bits per heavy atom. The van der Waals surface area contributed by atoms with E-state index >= 15 is 0 Å². The van der Waals surface area contributed by atoms with Crippen LogP contribution in [0.15, 0.2) is 54.6 Å². The summed E-state index contributed by atoms with van der Waals surface area (Å²) in [5, 5.41) is 5.42. The lowest BCUT2D eigenvalue weighted by Gasteiger charge is -2.42. The first-order valence-corrected chi connectivity index (χ1v) is 8.17. The summed E-state index contributed by atoms with van der Waals surface area (Å²) in [6, 6.07) is 14.0. The minimum atomic E-state index is -4.38. The number of carbonyl (C=O) groups excluding carboxylic acids is 1. The van der Waals surface area contributed by atoms with Gasteiger partial charge in [0.05, 0.1) is 5.56 Å². The van der Waals surface area contributed by atoms with E-state index in [1.165, 1.54) is 17.7 Å². The van der Waals surface area contributed by atoms with Gasteiger partial charge in [-0.15, -0.1) is 0 Å². The molecule has 0 aromatic heterocycles. The number of nitrogens with one attached hydrogen (secondary N) is 2. The first kappa shape index (κ1) is 17.3. The standard InChI is InChI=1S/C19H19F3N2O/c20-19(21,22)15-7-9-16(10-8-15)24-17(25)23-13-18(11-4-12-18)14-5-2-1-3-6-14/h1-3,5-10H,4,11-13H2,(H2,23,24,25). The first-order chi connectivity index (χ1) is 11.9. The Labute approximate surface area is 144 Å². The molecule has 0 spiro atoms. The summed E-state index contributed by atoms with van der Waals surface area (Å²) in [6.07, 6.45) is -1.24. The lowest BCUT2D eigenvalue weighted by atomic mass is 9.64. The molecule has 25 heavy (non-hydrogen) atoms. The van der Waals surface area contributed by atoms with Crippen molar-refractivity contribution in [3.63, 3.8) is 0 Å². The van der Waals surface area contributed by atoms with Gasteiger partial charge in [-0.25, -0.2) is 4.79 Å². The van der Waals surface area contributed by atoms with E-state index in [0.29, 0.717) is 12.2 Å². The van der Waals surface area contributed by atoms with E-state index in [9.17, 15) is 18.0 Å². The fraction of sp³-hybridized carbons (Fsp3) is 0.316. The lowest BCUT2D eigenvalue weighted by Crippen LogP contribution is -2.46. The zero-order valence-corrected chi connectivity index (χ0v) is 13.6.